The van der Waals surface area contributed by atoms with Gasteiger partial charge in [-0.05, 0) is 13.8 Å². The van der Waals surface area contributed by atoms with Crippen molar-refractivity contribution in [3.63, 3.8) is 0 Å². The molecule has 0 aliphatic heterocycles. The number of rotatable bonds is 5. The smallest absolute Gasteiger partial charge is 0.358 e. The van der Waals surface area contributed by atoms with E-state index >= 15 is 0 Å². The molecule has 0 saturated carbocycles. The van der Waals surface area contributed by atoms with Crippen molar-refractivity contribution in [1.82, 2.24) is 9.78 Å². The maximum atomic E-state index is 11.5. The first kappa shape index (κ1) is 13.5. The average molecular weight is 261 g/mol. The van der Waals surface area contributed by atoms with Crippen LogP contribution >= 0.6 is 0 Å². The highest BCUT2D eigenvalue weighted by molar-refractivity contribution is 7.91. The molecule has 1 rings (SSSR count). The number of carbonyl (C=O) groups is 1. The standard InChI is InChI=1S/C9H15N3O4S/c1-6(2)17(15,16)4-3-12-5-7(10)8(11-12)9(13)14/h5-6H,3-4,10H2,1-2H3,(H,13,14). The first-order valence-electron chi connectivity index (χ1n) is 5.02. The molecule has 7 nitrogen and oxygen atoms in total. The fraction of sp³-hybridized carbons (Fsp3) is 0.556. The number of sulfone groups is 1. The largest absolute Gasteiger partial charge is 0.476 e. The normalized spacial score (nSPS) is 11.9. The van der Waals surface area contributed by atoms with E-state index in [0.717, 1.165) is 0 Å². The highest BCUT2D eigenvalue weighted by Crippen LogP contribution is 2.09. The number of hydrogen-bond acceptors (Lipinski definition) is 5. The highest BCUT2D eigenvalue weighted by Gasteiger charge is 2.18. The quantitative estimate of drug-likeness (QED) is 0.770. The molecule has 0 aliphatic rings. The molecule has 8 heteroatoms. The van der Waals surface area contributed by atoms with Gasteiger partial charge in [-0.1, -0.05) is 0 Å². The first-order valence-corrected chi connectivity index (χ1v) is 6.73. The lowest BCUT2D eigenvalue weighted by Gasteiger charge is -2.07. The third-order valence-electron chi connectivity index (χ3n) is 2.32. The van der Waals surface area contributed by atoms with Gasteiger partial charge in [-0.2, -0.15) is 5.10 Å². The zero-order chi connectivity index (χ0) is 13.2. The lowest BCUT2D eigenvalue weighted by molar-refractivity contribution is 0.0690. The van der Waals surface area contributed by atoms with Gasteiger partial charge in [-0.25, -0.2) is 13.2 Å². The van der Waals surface area contributed by atoms with Gasteiger partial charge in [0.25, 0.3) is 0 Å². The molecule has 17 heavy (non-hydrogen) atoms. The van der Waals surface area contributed by atoms with Crippen LogP contribution in [0.1, 0.15) is 24.3 Å². The second kappa shape index (κ2) is 4.74. The van der Waals surface area contributed by atoms with Gasteiger partial charge in [0.05, 0.1) is 23.2 Å². The minimum absolute atomic E-state index is 0.0273. The summed E-state index contributed by atoms with van der Waals surface area (Å²) >= 11 is 0. The summed E-state index contributed by atoms with van der Waals surface area (Å²) in [5, 5.41) is 12.0. The number of carboxylic acid groups (broad SMARTS) is 1. The number of aromatic nitrogens is 2. The predicted molar refractivity (Wildman–Crippen MR) is 62.5 cm³/mol. The molecular weight excluding hydrogens is 246 g/mol. The second-order valence-corrected chi connectivity index (χ2v) is 6.59. The zero-order valence-corrected chi connectivity index (χ0v) is 10.4. The van der Waals surface area contributed by atoms with E-state index in [4.69, 9.17) is 10.8 Å². The summed E-state index contributed by atoms with van der Waals surface area (Å²) in [6, 6.07) is 0. The summed E-state index contributed by atoms with van der Waals surface area (Å²) in [5.74, 6) is -1.32. The molecule has 0 radical (unpaired) electrons. The van der Waals surface area contributed by atoms with Crippen LogP contribution in [0.3, 0.4) is 0 Å². The Hall–Kier alpha value is -1.57. The molecule has 0 bridgehead atoms. The maximum Gasteiger partial charge on any atom is 0.358 e. The third kappa shape index (κ3) is 3.19. The lowest BCUT2D eigenvalue weighted by Crippen LogP contribution is -2.21. The molecule has 0 atom stereocenters. The highest BCUT2D eigenvalue weighted by atomic mass is 32.2. The van der Waals surface area contributed by atoms with Crippen LogP contribution in [0.2, 0.25) is 0 Å². The van der Waals surface area contributed by atoms with Crippen molar-refractivity contribution in [1.29, 1.82) is 0 Å². The molecule has 0 amide bonds. The van der Waals surface area contributed by atoms with Crippen molar-refractivity contribution >= 4 is 21.5 Å². The van der Waals surface area contributed by atoms with Crippen molar-refractivity contribution in [3.8, 4) is 0 Å². The van der Waals surface area contributed by atoms with E-state index in [1.807, 2.05) is 0 Å². The summed E-state index contributed by atoms with van der Waals surface area (Å²) in [7, 11) is -3.17. The summed E-state index contributed by atoms with van der Waals surface area (Å²) in [6.07, 6.45) is 1.32. The number of nitrogens with zero attached hydrogens (tertiary/aromatic N) is 2. The number of carboxylic acids is 1. The third-order valence-corrected chi connectivity index (χ3v) is 4.50. The average Bonchev–Trinajstić information content (AvgIpc) is 2.57. The Morgan fingerprint density at radius 1 is 1.59 bits per heavy atom. The van der Waals surface area contributed by atoms with Gasteiger partial charge in [0, 0.05) is 6.20 Å². The van der Waals surface area contributed by atoms with Gasteiger partial charge in [-0.3, -0.25) is 4.68 Å². The van der Waals surface area contributed by atoms with Crippen LogP contribution in [-0.2, 0) is 16.4 Å². The maximum absolute atomic E-state index is 11.5. The van der Waals surface area contributed by atoms with Crippen LogP contribution in [0.5, 0.6) is 0 Å². The fourth-order valence-corrected chi connectivity index (χ4v) is 2.09. The van der Waals surface area contributed by atoms with E-state index in [1.165, 1.54) is 10.9 Å². The molecule has 3 N–H and O–H groups in total. The number of nitrogen functional groups attached to an aromatic ring is 1. The van der Waals surface area contributed by atoms with Gasteiger partial charge in [0.1, 0.15) is 0 Å². The van der Waals surface area contributed by atoms with Crippen LogP contribution in [0, 0.1) is 0 Å². The Bertz CT molecular complexity index is 518. The molecule has 96 valence electrons. The van der Waals surface area contributed by atoms with Crippen molar-refractivity contribution in [2.45, 2.75) is 25.6 Å². The van der Waals surface area contributed by atoms with E-state index in [9.17, 15) is 13.2 Å². The number of aryl methyl sites for hydroxylation is 1. The molecule has 0 spiro atoms. The van der Waals surface area contributed by atoms with E-state index in [1.54, 1.807) is 13.8 Å². The van der Waals surface area contributed by atoms with Gasteiger partial charge in [0.2, 0.25) is 0 Å². The van der Waals surface area contributed by atoms with Gasteiger partial charge in [-0.15, -0.1) is 0 Å². The van der Waals surface area contributed by atoms with E-state index in [2.05, 4.69) is 5.10 Å². The number of hydrogen-bond donors (Lipinski definition) is 2. The van der Waals surface area contributed by atoms with E-state index in [-0.39, 0.29) is 23.7 Å². The Morgan fingerprint density at radius 2 is 2.18 bits per heavy atom. The predicted octanol–water partition coefficient (Wildman–Crippen LogP) is -0.0133. The van der Waals surface area contributed by atoms with Gasteiger partial charge < -0.3 is 10.8 Å². The SMILES string of the molecule is CC(C)S(=O)(=O)CCn1cc(N)c(C(=O)O)n1. The van der Waals surface area contributed by atoms with Crippen LogP contribution in [0.4, 0.5) is 5.69 Å². The summed E-state index contributed by atoms with van der Waals surface area (Å²) < 4.78 is 24.3. The first-order chi connectivity index (χ1) is 7.74. The lowest BCUT2D eigenvalue weighted by atomic mass is 10.4. The number of nitrogens with two attached hydrogens (primary N) is 1. The minimum Gasteiger partial charge on any atom is -0.476 e. The number of anilines is 1. The second-order valence-electron chi connectivity index (χ2n) is 3.92. The van der Waals surface area contributed by atoms with Crippen LogP contribution < -0.4 is 5.73 Å². The molecule has 0 aliphatic carbocycles. The summed E-state index contributed by atoms with van der Waals surface area (Å²) in [4.78, 5) is 10.7. The van der Waals surface area contributed by atoms with Crippen LogP contribution in [0.25, 0.3) is 0 Å². The van der Waals surface area contributed by atoms with Crippen LogP contribution in [-0.4, -0.2) is 40.3 Å². The molecule has 0 fully saturated rings. The molecule has 1 aromatic rings. The summed E-state index contributed by atoms with van der Waals surface area (Å²) in [6.45, 7) is 3.28. The Labute approximate surface area is 99.1 Å². The van der Waals surface area contributed by atoms with Gasteiger partial charge >= 0.3 is 5.97 Å². The van der Waals surface area contributed by atoms with Crippen molar-refractivity contribution in [3.05, 3.63) is 11.9 Å². The van der Waals surface area contributed by atoms with E-state index < -0.39 is 21.1 Å². The van der Waals surface area contributed by atoms with Crippen molar-refractivity contribution in [2.75, 3.05) is 11.5 Å². The van der Waals surface area contributed by atoms with Crippen molar-refractivity contribution in [2.24, 2.45) is 0 Å². The fourth-order valence-electron chi connectivity index (χ4n) is 1.17. The molecule has 1 aromatic heterocycles. The molecule has 1 heterocycles. The molecular formula is C9H15N3O4S. The number of aromatic carboxylic acids is 1. The van der Waals surface area contributed by atoms with Gasteiger partial charge in [0.15, 0.2) is 15.5 Å². The van der Waals surface area contributed by atoms with E-state index in [0.29, 0.717) is 0 Å². The van der Waals surface area contributed by atoms with Crippen molar-refractivity contribution < 1.29 is 18.3 Å². The zero-order valence-electron chi connectivity index (χ0n) is 9.62. The Kier molecular flexibility index (Phi) is 3.76. The molecule has 0 saturated heterocycles. The van der Waals surface area contributed by atoms with Crippen LogP contribution in [0.15, 0.2) is 6.20 Å². The molecule has 0 unspecified atom stereocenters. The molecule has 0 aromatic carbocycles. The minimum atomic E-state index is -3.17. The Balaban J connectivity index is 2.78. The summed E-state index contributed by atoms with van der Waals surface area (Å²) in [5.41, 5.74) is 5.20. The monoisotopic (exact) mass is 261 g/mol. The Morgan fingerprint density at radius 3 is 2.59 bits per heavy atom. The topological polar surface area (TPSA) is 115 Å².